The molecule has 1 atom stereocenters. The third-order valence-corrected chi connectivity index (χ3v) is 4.14. The number of nitriles is 1. The normalized spacial score (nSPS) is 16.6. The minimum atomic E-state index is 0.627. The maximum Gasteiger partial charge on any atom is 0.120 e. The maximum atomic E-state index is 9.02. The van der Waals surface area contributed by atoms with Gasteiger partial charge in [-0.15, -0.1) is 0 Å². The number of hydrogen-bond donors (Lipinski definition) is 1. The lowest BCUT2D eigenvalue weighted by Gasteiger charge is -2.16. The van der Waals surface area contributed by atoms with E-state index in [4.69, 9.17) is 5.26 Å². The highest BCUT2D eigenvalue weighted by molar-refractivity contribution is 5.34. The number of hydrogen-bond acceptors (Lipinski definition) is 2. The first-order chi connectivity index (χ1) is 8.65. The molecule has 98 valence electrons. The molecule has 1 aromatic rings. The molecule has 18 heavy (non-hydrogen) atoms. The van der Waals surface area contributed by atoms with E-state index in [0.717, 1.165) is 18.2 Å². The van der Waals surface area contributed by atoms with E-state index in [1.165, 1.54) is 36.9 Å². The van der Waals surface area contributed by atoms with E-state index in [9.17, 15) is 0 Å². The Hall–Kier alpha value is -1.27. The third kappa shape index (κ3) is 2.94. The quantitative estimate of drug-likeness (QED) is 0.837. The zero-order valence-corrected chi connectivity index (χ0v) is 11.7. The molecule has 3 heteroatoms. The molecular formula is C15H23N3. The fraction of sp³-hybridized carbons (Fsp3) is 0.667. The first-order valence-corrected chi connectivity index (χ1v) is 6.94. The van der Waals surface area contributed by atoms with Gasteiger partial charge in [0.15, 0.2) is 0 Å². The molecule has 1 aromatic heterocycles. The fourth-order valence-corrected chi connectivity index (χ4v) is 2.45. The first-order valence-electron chi connectivity index (χ1n) is 6.94. The van der Waals surface area contributed by atoms with Crippen molar-refractivity contribution in [3.63, 3.8) is 0 Å². The van der Waals surface area contributed by atoms with Crippen LogP contribution in [0.4, 0.5) is 0 Å². The van der Waals surface area contributed by atoms with E-state index in [2.05, 4.69) is 25.2 Å². The molecule has 1 fully saturated rings. The van der Waals surface area contributed by atoms with Crippen molar-refractivity contribution in [2.24, 2.45) is 13.0 Å². The Balaban J connectivity index is 1.94. The third-order valence-electron chi connectivity index (χ3n) is 4.14. The van der Waals surface area contributed by atoms with Crippen LogP contribution < -0.4 is 5.32 Å². The van der Waals surface area contributed by atoms with E-state index in [-0.39, 0.29) is 0 Å². The minimum Gasteiger partial charge on any atom is -0.340 e. The summed E-state index contributed by atoms with van der Waals surface area (Å²) in [5, 5.41) is 12.7. The molecule has 3 nitrogen and oxygen atoms in total. The molecule has 0 amide bonds. The van der Waals surface area contributed by atoms with E-state index in [1.807, 2.05) is 17.7 Å². The smallest absolute Gasteiger partial charge is 0.120 e. The van der Waals surface area contributed by atoms with Crippen molar-refractivity contribution in [1.82, 2.24) is 9.88 Å². The molecule has 1 aliphatic rings. The van der Waals surface area contributed by atoms with Crippen LogP contribution in [0.3, 0.4) is 0 Å². The van der Waals surface area contributed by atoms with Gasteiger partial charge in [0.05, 0.1) is 0 Å². The van der Waals surface area contributed by atoms with Crippen LogP contribution in [0, 0.1) is 24.2 Å². The number of nitrogens with one attached hydrogen (secondary N) is 1. The highest BCUT2D eigenvalue weighted by atomic mass is 15.0. The van der Waals surface area contributed by atoms with Gasteiger partial charge < -0.3 is 9.88 Å². The van der Waals surface area contributed by atoms with Crippen LogP contribution in [-0.2, 0) is 13.6 Å². The second-order valence-electron chi connectivity index (χ2n) is 5.48. The van der Waals surface area contributed by atoms with Crippen LogP contribution in [0.1, 0.15) is 49.6 Å². The molecule has 1 saturated carbocycles. The summed E-state index contributed by atoms with van der Waals surface area (Å²) in [4.78, 5) is 0. The first kappa shape index (κ1) is 13.2. The maximum absolute atomic E-state index is 9.02. The Labute approximate surface area is 110 Å². The van der Waals surface area contributed by atoms with Crippen LogP contribution in [0.25, 0.3) is 0 Å². The van der Waals surface area contributed by atoms with Crippen molar-refractivity contribution in [1.29, 1.82) is 5.26 Å². The largest absolute Gasteiger partial charge is 0.340 e. The molecule has 1 aliphatic carbocycles. The Morgan fingerprint density at radius 3 is 2.78 bits per heavy atom. The van der Waals surface area contributed by atoms with Gasteiger partial charge in [0.1, 0.15) is 11.8 Å². The van der Waals surface area contributed by atoms with Gasteiger partial charge in [-0.1, -0.05) is 19.8 Å². The molecule has 0 aromatic carbocycles. The van der Waals surface area contributed by atoms with Crippen molar-refractivity contribution in [3.05, 3.63) is 23.0 Å². The van der Waals surface area contributed by atoms with Crippen molar-refractivity contribution in [2.75, 3.05) is 0 Å². The predicted molar refractivity (Wildman–Crippen MR) is 73.1 cm³/mol. The van der Waals surface area contributed by atoms with Crippen LogP contribution in [-0.4, -0.2) is 10.6 Å². The molecule has 0 radical (unpaired) electrons. The highest BCUT2D eigenvalue weighted by Crippen LogP contribution is 2.34. The Morgan fingerprint density at radius 1 is 1.56 bits per heavy atom. The van der Waals surface area contributed by atoms with Gasteiger partial charge in [-0.05, 0) is 37.3 Å². The molecule has 1 unspecified atom stereocenters. The van der Waals surface area contributed by atoms with Gasteiger partial charge in [0.25, 0.3) is 0 Å². The highest BCUT2D eigenvalue weighted by Gasteiger charge is 2.24. The van der Waals surface area contributed by atoms with Gasteiger partial charge in [0, 0.05) is 25.3 Å². The predicted octanol–water partition coefficient (Wildman–Crippen LogP) is 2.87. The zero-order valence-electron chi connectivity index (χ0n) is 11.7. The molecule has 0 bridgehead atoms. The molecule has 0 spiro atoms. The number of rotatable bonds is 6. The van der Waals surface area contributed by atoms with Crippen LogP contribution in [0.15, 0.2) is 6.07 Å². The Morgan fingerprint density at radius 2 is 2.28 bits per heavy atom. The number of nitrogens with zero attached hydrogens (tertiary/aromatic N) is 2. The topological polar surface area (TPSA) is 40.8 Å². The van der Waals surface area contributed by atoms with Crippen molar-refractivity contribution in [2.45, 2.75) is 52.1 Å². The summed E-state index contributed by atoms with van der Waals surface area (Å²) < 4.78 is 1.97. The van der Waals surface area contributed by atoms with Gasteiger partial charge in [-0.3, -0.25) is 0 Å². The molecular weight excluding hydrogens is 222 g/mol. The summed E-state index contributed by atoms with van der Waals surface area (Å²) in [7, 11) is 1.96. The molecule has 1 N–H and O–H groups in total. The monoisotopic (exact) mass is 245 g/mol. The summed E-state index contributed by atoms with van der Waals surface area (Å²) in [5.41, 5.74) is 3.20. The van der Waals surface area contributed by atoms with Crippen LogP contribution in [0.2, 0.25) is 0 Å². The number of aromatic nitrogens is 1. The van der Waals surface area contributed by atoms with E-state index in [0.29, 0.717) is 6.04 Å². The molecule has 0 saturated heterocycles. The lowest BCUT2D eigenvalue weighted by atomic mass is 10.1. The van der Waals surface area contributed by atoms with Gasteiger partial charge in [-0.25, -0.2) is 0 Å². The SMILES string of the molecule is CCC(CC1CC1)NCc1cc(C#N)n(C)c1C. The van der Waals surface area contributed by atoms with Crippen LogP contribution >= 0.6 is 0 Å². The summed E-state index contributed by atoms with van der Waals surface area (Å²) in [6.45, 7) is 5.21. The lowest BCUT2D eigenvalue weighted by molar-refractivity contribution is 0.444. The van der Waals surface area contributed by atoms with E-state index < -0.39 is 0 Å². The standard InChI is InChI=1S/C15H23N3/c1-4-14(7-12-5-6-12)17-10-13-8-15(9-16)18(3)11(13)2/h8,12,14,17H,4-7,10H2,1-3H3. The van der Waals surface area contributed by atoms with Crippen molar-refractivity contribution in [3.8, 4) is 6.07 Å². The average molecular weight is 245 g/mol. The second kappa shape index (κ2) is 5.58. The van der Waals surface area contributed by atoms with Crippen LogP contribution in [0.5, 0.6) is 0 Å². The molecule has 2 rings (SSSR count). The lowest BCUT2D eigenvalue weighted by Crippen LogP contribution is -2.28. The Bertz CT molecular complexity index is 449. The summed E-state index contributed by atoms with van der Waals surface area (Å²) in [6.07, 6.45) is 5.34. The Kier molecular flexibility index (Phi) is 4.08. The summed E-state index contributed by atoms with van der Waals surface area (Å²) >= 11 is 0. The average Bonchev–Trinajstić information content (AvgIpc) is 3.15. The molecule has 1 heterocycles. The van der Waals surface area contributed by atoms with Crippen molar-refractivity contribution >= 4 is 0 Å². The minimum absolute atomic E-state index is 0.627. The summed E-state index contributed by atoms with van der Waals surface area (Å²) in [5.74, 6) is 0.967. The van der Waals surface area contributed by atoms with E-state index >= 15 is 0 Å². The summed E-state index contributed by atoms with van der Waals surface area (Å²) in [6, 6.07) is 4.87. The second-order valence-corrected chi connectivity index (χ2v) is 5.48. The van der Waals surface area contributed by atoms with Crippen molar-refractivity contribution < 1.29 is 0 Å². The van der Waals surface area contributed by atoms with Gasteiger partial charge in [-0.2, -0.15) is 5.26 Å². The van der Waals surface area contributed by atoms with Gasteiger partial charge >= 0.3 is 0 Å². The van der Waals surface area contributed by atoms with E-state index in [1.54, 1.807) is 0 Å². The fourth-order valence-electron chi connectivity index (χ4n) is 2.45. The molecule has 0 aliphatic heterocycles. The zero-order chi connectivity index (χ0) is 13.1. The van der Waals surface area contributed by atoms with Gasteiger partial charge in [0.2, 0.25) is 0 Å².